The number of benzene rings is 5. The Balaban J connectivity index is 0.839. The lowest BCUT2D eigenvalue weighted by Crippen LogP contribution is -2.36. The van der Waals surface area contributed by atoms with Crippen LogP contribution < -0.4 is 26.8 Å². The number of hydrogen-bond acceptors (Lipinski definition) is 8. The molecule has 0 unspecified atom stereocenters. The fourth-order valence-corrected chi connectivity index (χ4v) is 8.12. The number of carbonyl (C=O) groups is 3. The molecule has 0 radical (unpaired) electrons. The third kappa shape index (κ3) is 10.9. The maximum absolute atomic E-state index is 13.2. The van der Waals surface area contributed by atoms with E-state index < -0.39 is 12.2 Å². The molecule has 13 heteroatoms. The summed E-state index contributed by atoms with van der Waals surface area (Å²) in [7, 11) is 0. The van der Waals surface area contributed by atoms with E-state index >= 15 is 0 Å². The van der Waals surface area contributed by atoms with Crippen molar-refractivity contribution in [3.05, 3.63) is 159 Å². The fourth-order valence-electron chi connectivity index (χ4n) is 8.12. The Morgan fingerprint density at radius 3 is 2.40 bits per heavy atom. The molecule has 8 N–H and O–H groups in total. The van der Waals surface area contributed by atoms with Gasteiger partial charge in [0.2, 0.25) is 11.5 Å². The van der Waals surface area contributed by atoms with E-state index in [1.54, 1.807) is 18.2 Å². The van der Waals surface area contributed by atoms with Crippen LogP contribution in [0.2, 0.25) is 0 Å². The molecule has 0 saturated carbocycles. The van der Waals surface area contributed by atoms with Crippen molar-refractivity contribution in [2.75, 3.05) is 43.4 Å². The van der Waals surface area contributed by atoms with Crippen molar-refractivity contribution in [3.63, 3.8) is 0 Å². The number of likely N-dealkylation sites (tertiary alicyclic amines) is 1. The zero-order chi connectivity index (χ0) is 43.6. The molecule has 0 spiro atoms. The number of aromatic nitrogens is 1. The second kappa shape index (κ2) is 20.2. The van der Waals surface area contributed by atoms with Crippen molar-refractivity contribution >= 4 is 40.2 Å². The van der Waals surface area contributed by atoms with E-state index in [0.717, 1.165) is 59.3 Å². The second-order valence-corrected chi connectivity index (χ2v) is 15.8. The first kappa shape index (κ1) is 43.3. The molecule has 1 aliphatic rings. The molecule has 1 atom stereocenters. The molecule has 0 aliphatic carbocycles. The summed E-state index contributed by atoms with van der Waals surface area (Å²) < 4.78 is 0. The first-order chi connectivity index (χ1) is 30.0. The van der Waals surface area contributed by atoms with Crippen LogP contribution in [0.4, 0.5) is 16.2 Å². The highest BCUT2D eigenvalue weighted by molar-refractivity contribution is 6.04. The maximum atomic E-state index is 13.2. The van der Waals surface area contributed by atoms with E-state index in [1.807, 2.05) is 91.9 Å². The molecule has 13 nitrogen and oxygen atoms in total. The van der Waals surface area contributed by atoms with Gasteiger partial charge in [-0.15, -0.1) is 0 Å². The summed E-state index contributed by atoms with van der Waals surface area (Å²) in [6, 6.07) is 34.8. The van der Waals surface area contributed by atoms with Crippen LogP contribution in [0.5, 0.6) is 5.75 Å². The molecule has 1 saturated heterocycles. The number of para-hydroxylation sites is 1. The normalized spacial score (nSPS) is 13.7. The third-order valence-electron chi connectivity index (χ3n) is 11.6. The number of nitrogens with zero attached hydrogens (tertiary/aromatic N) is 1. The van der Waals surface area contributed by atoms with Crippen LogP contribution in [0.3, 0.4) is 0 Å². The van der Waals surface area contributed by atoms with Crippen molar-refractivity contribution < 1.29 is 29.7 Å². The first-order valence-corrected chi connectivity index (χ1v) is 20.9. The maximum Gasteiger partial charge on any atom is 0.409 e. The average Bonchev–Trinajstić information content (AvgIpc) is 3.28. The van der Waals surface area contributed by atoms with Crippen LogP contribution in [-0.2, 0) is 17.8 Å². The van der Waals surface area contributed by atoms with Gasteiger partial charge < -0.3 is 41.2 Å². The van der Waals surface area contributed by atoms with Gasteiger partial charge >= 0.3 is 6.09 Å². The van der Waals surface area contributed by atoms with E-state index in [1.165, 1.54) is 12.1 Å². The number of H-pyrrole nitrogens is 1. The van der Waals surface area contributed by atoms with Gasteiger partial charge in [0.25, 0.3) is 5.91 Å². The largest absolute Gasteiger partial charge is 0.506 e. The molecule has 2 heterocycles. The second-order valence-electron chi connectivity index (χ2n) is 15.8. The molecule has 7 rings (SSSR count). The number of piperidine rings is 1. The highest BCUT2D eigenvalue weighted by Gasteiger charge is 2.25. The van der Waals surface area contributed by atoms with Crippen LogP contribution in [0.1, 0.15) is 69.5 Å². The minimum Gasteiger partial charge on any atom is -0.506 e. The van der Waals surface area contributed by atoms with Crippen molar-refractivity contribution in [1.29, 1.82) is 0 Å². The van der Waals surface area contributed by atoms with E-state index in [9.17, 15) is 34.5 Å². The molecular weight excluding hydrogens is 785 g/mol. The number of aliphatic hydroxyl groups excluding tert-OH is 1. The number of amides is 3. The summed E-state index contributed by atoms with van der Waals surface area (Å²) in [6.07, 6.45) is 0.796. The number of phenolic OH excluding ortho intramolecular Hbond substituents is 1. The predicted octanol–water partition coefficient (Wildman–Crippen LogP) is 7.30. The van der Waals surface area contributed by atoms with Gasteiger partial charge in [-0.25, -0.2) is 4.79 Å². The number of pyridine rings is 1. The van der Waals surface area contributed by atoms with Crippen molar-refractivity contribution in [2.24, 2.45) is 0 Å². The number of aryl methyl sites for hydroxylation is 1. The fraction of sp³-hybridized carbons (Fsp3) is 0.265. The van der Waals surface area contributed by atoms with Gasteiger partial charge in [0.15, 0.2) is 0 Å². The summed E-state index contributed by atoms with van der Waals surface area (Å²) in [4.78, 5) is 54.6. The van der Waals surface area contributed by atoms with Crippen LogP contribution in [-0.4, -0.2) is 75.8 Å². The standard InChI is InChI=1S/C49H52N6O7/c1-31-10-13-35(48(60)52-37-14-11-32(12-15-37)20-24-50-30-43(57)40-16-18-42(56)47-41(40)17-19-45(59)53-47)28-36(31)29-51-44(58)23-27-55-25-21-34(22-26-55)39-9-5-8-38(46(39)54-49(61)62)33-6-3-2-4-7-33/h2-19,28,34,43,50,54,56-57H,20-27,29-30H2,1H3,(H,51,58)(H,52,60)(H,53,59)(H,61,62)/t43-/m0/s1. The minimum absolute atomic E-state index is 0.0554. The summed E-state index contributed by atoms with van der Waals surface area (Å²) >= 11 is 0. The van der Waals surface area contributed by atoms with E-state index in [2.05, 4.69) is 31.2 Å². The number of aromatic hydroxyl groups is 1. The van der Waals surface area contributed by atoms with Gasteiger partial charge in [0.1, 0.15) is 5.75 Å². The lowest BCUT2D eigenvalue weighted by Gasteiger charge is -2.33. The van der Waals surface area contributed by atoms with Gasteiger partial charge in [0.05, 0.1) is 17.3 Å². The number of anilines is 2. The van der Waals surface area contributed by atoms with Crippen LogP contribution in [0, 0.1) is 6.92 Å². The van der Waals surface area contributed by atoms with Crippen LogP contribution in [0.25, 0.3) is 22.0 Å². The molecule has 6 aromatic rings. The zero-order valence-corrected chi connectivity index (χ0v) is 34.6. The molecular formula is C49H52N6O7. The van der Waals surface area contributed by atoms with E-state index in [4.69, 9.17) is 0 Å². The smallest absolute Gasteiger partial charge is 0.409 e. The van der Waals surface area contributed by atoms with Crippen molar-refractivity contribution in [3.8, 4) is 16.9 Å². The lowest BCUT2D eigenvalue weighted by molar-refractivity contribution is -0.121. The van der Waals surface area contributed by atoms with E-state index in [0.29, 0.717) is 65.9 Å². The molecule has 3 amide bonds. The Morgan fingerprint density at radius 1 is 0.871 bits per heavy atom. The van der Waals surface area contributed by atoms with Crippen LogP contribution >= 0.6 is 0 Å². The lowest BCUT2D eigenvalue weighted by atomic mass is 9.86. The Labute approximate surface area is 359 Å². The Kier molecular flexibility index (Phi) is 14.1. The Bertz CT molecular complexity index is 2590. The highest BCUT2D eigenvalue weighted by atomic mass is 16.4. The first-order valence-electron chi connectivity index (χ1n) is 20.9. The molecule has 0 bridgehead atoms. The third-order valence-corrected chi connectivity index (χ3v) is 11.6. The molecule has 1 aromatic heterocycles. The van der Waals surface area contributed by atoms with Gasteiger partial charge in [-0.1, -0.05) is 72.8 Å². The molecule has 5 aromatic carbocycles. The van der Waals surface area contributed by atoms with Crippen molar-refractivity contribution in [1.82, 2.24) is 20.5 Å². The number of aliphatic hydroxyl groups is 1. The average molecular weight is 837 g/mol. The molecule has 62 heavy (non-hydrogen) atoms. The number of carboxylic acid groups (broad SMARTS) is 1. The van der Waals surface area contributed by atoms with Gasteiger partial charge in [-0.3, -0.25) is 19.7 Å². The monoisotopic (exact) mass is 836 g/mol. The van der Waals surface area contributed by atoms with Crippen LogP contribution in [0.15, 0.2) is 120 Å². The summed E-state index contributed by atoms with van der Waals surface area (Å²) in [5, 5.41) is 43.1. The van der Waals surface area contributed by atoms with Gasteiger partial charge in [-0.05, 0) is 122 Å². The number of fused-ring (bicyclic) bond motifs is 1. The SMILES string of the molecule is Cc1ccc(C(=O)Nc2ccc(CCNC[C@H](O)c3ccc(O)c4[nH]c(=O)ccc34)cc2)cc1CNC(=O)CCN1CCC(c2cccc(-c3ccccc3)c2NC(=O)O)CC1. The predicted molar refractivity (Wildman–Crippen MR) is 242 cm³/mol. The number of aromatic amines is 1. The zero-order valence-electron chi connectivity index (χ0n) is 34.6. The highest BCUT2D eigenvalue weighted by Crippen LogP contribution is 2.39. The number of phenols is 1. The number of rotatable bonds is 16. The van der Waals surface area contributed by atoms with Gasteiger partial charge in [-0.2, -0.15) is 0 Å². The summed E-state index contributed by atoms with van der Waals surface area (Å²) in [6.45, 7) is 5.34. The Morgan fingerprint density at radius 2 is 1.65 bits per heavy atom. The number of hydrogen-bond donors (Lipinski definition) is 8. The van der Waals surface area contributed by atoms with Crippen molar-refractivity contribution in [2.45, 2.75) is 51.2 Å². The number of carbonyl (C=O) groups excluding carboxylic acids is 2. The summed E-state index contributed by atoms with van der Waals surface area (Å²) in [5.41, 5.74) is 8.01. The summed E-state index contributed by atoms with van der Waals surface area (Å²) in [5.74, 6) is -0.190. The molecule has 320 valence electrons. The molecule has 1 fully saturated rings. The quantitative estimate of drug-likeness (QED) is 0.0462. The molecule has 1 aliphatic heterocycles. The van der Waals surface area contributed by atoms with E-state index in [-0.39, 0.29) is 35.6 Å². The topological polar surface area (TPSA) is 196 Å². The van der Waals surface area contributed by atoms with Gasteiger partial charge in [0, 0.05) is 54.3 Å². The Hall–Kier alpha value is -6.80. The number of nitrogens with one attached hydrogen (secondary N) is 5. The minimum atomic E-state index is -1.09.